The molecule has 0 aromatic heterocycles. The Labute approximate surface area is 132 Å². The summed E-state index contributed by atoms with van der Waals surface area (Å²) in [6.07, 6.45) is 0.119. The second kappa shape index (κ2) is 5.32. The predicted octanol–water partition coefficient (Wildman–Crippen LogP) is 3.47. The molecule has 10 heteroatoms. The number of nitro benzene ring substituents is 3. The quantitative estimate of drug-likeness (QED) is 0.530. The monoisotopic (exact) mass is 333 g/mol. The Morgan fingerprint density at radius 2 is 1.52 bits per heavy atom. The number of hydrogen-bond acceptors (Lipinski definition) is 7. The smallest absolute Gasteiger partial charge is 0.258 e. The van der Waals surface area contributed by atoms with Gasteiger partial charge in [0.1, 0.15) is 0 Å². The number of rotatable bonds is 3. The van der Waals surface area contributed by atoms with Crippen molar-refractivity contribution in [3.63, 3.8) is 0 Å². The van der Waals surface area contributed by atoms with Crippen LogP contribution >= 0.6 is 11.8 Å². The molecular formula is C13H7N3O6S. The fourth-order valence-electron chi connectivity index (χ4n) is 2.50. The number of benzene rings is 2. The van der Waals surface area contributed by atoms with Gasteiger partial charge in [0.2, 0.25) is 0 Å². The molecule has 23 heavy (non-hydrogen) atoms. The van der Waals surface area contributed by atoms with Crippen molar-refractivity contribution in [2.75, 3.05) is 0 Å². The van der Waals surface area contributed by atoms with Crippen LogP contribution < -0.4 is 0 Å². The van der Waals surface area contributed by atoms with Gasteiger partial charge in [-0.1, -0.05) is 30.0 Å². The molecule has 2 aromatic rings. The minimum atomic E-state index is -1.07. The summed E-state index contributed by atoms with van der Waals surface area (Å²) >= 11 is 1.13. The minimum absolute atomic E-state index is 0.119. The summed E-state index contributed by atoms with van der Waals surface area (Å²) in [5.74, 6) is 0. The number of nitro groups is 3. The fraction of sp³-hybridized carbons (Fsp3) is 0.0769. The van der Waals surface area contributed by atoms with Crippen LogP contribution in [0.5, 0.6) is 0 Å². The summed E-state index contributed by atoms with van der Waals surface area (Å²) in [7, 11) is 0. The molecule has 1 aliphatic rings. The average Bonchev–Trinajstić information content (AvgIpc) is 2.50. The highest BCUT2D eigenvalue weighted by Gasteiger charge is 2.41. The Hall–Kier alpha value is -3.01. The third-order valence-corrected chi connectivity index (χ3v) is 4.64. The first-order chi connectivity index (χ1) is 10.9. The summed E-state index contributed by atoms with van der Waals surface area (Å²) in [6.45, 7) is 0. The molecule has 2 aromatic carbocycles. The topological polar surface area (TPSA) is 129 Å². The van der Waals surface area contributed by atoms with Crippen LogP contribution in [0.2, 0.25) is 0 Å². The van der Waals surface area contributed by atoms with Gasteiger partial charge in [-0.05, 0) is 11.6 Å². The van der Waals surface area contributed by atoms with Crippen molar-refractivity contribution in [2.45, 2.75) is 16.2 Å². The molecule has 0 radical (unpaired) electrons. The second-order valence-electron chi connectivity index (χ2n) is 4.73. The van der Waals surface area contributed by atoms with Crippen molar-refractivity contribution in [3.8, 4) is 0 Å². The first-order valence-electron chi connectivity index (χ1n) is 6.29. The molecule has 0 amide bonds. The zero-order valence-corrected chi connectivity index (χ0v) is 12.1. The lowest BCUT2D eigenvalue weighted by Crippen LogP contribution is -2.09. The molecule has 0 bridgehead atoms. The lowest BCUT2D eigenvalue weighted by molar-refractivity contribution is -0.441. The van der Waals surface area contributed by atoms with Crippen LogP contribution in [0.25, 0.3) is 0 Å². The second-order valence-corrected chi connectivity index (χ2v) is 5.81. The van der Waals surface area contributed by atoms with Crippen molar-refractivity contribution in [1.29, 1.82) is 0 Å². The van der Waals surface area contributed by atoms with E-state index in [1.807, 2.05) is 0 Å². The van der Waals surface area contributed by atoms with Crippen molar-refractivity contribution in [1.82, 2.24) is 0 Å². The van der Waals surface area contributed by atoms with E-state index in [-0.39, 0.29) is 12.0 Å². The molecule has 0 saturated carbocycles. The van der Waals surface area contributed by atoms with Gasteiger partial charge in [-0.2, -0.15) is 0 Å². The summed E-state index contributed by atoms with van der Waals surface area (Å²) in [4.78, 5) is 31.8. The van der Waals surface area contributed by atoms with E-state index in [0.717, 1.165) is 28.3 Å². The Morgan fingerprint density at radius 3 is 2.13 bits per heavy atom. The summed E-state index contributed by atoms with van der Waals surface area (Å²) in [5, 5.41) is 33.6. The summed E-state index contributed by atoms with van der Waals surface area (Å²) in [5.41, 5.74) is -1.82. The highest BCUT2D eigenvalue weighted by atomic mass is 32.2. The molecular weight excluding hydrogens is 326 g/mol. The number of nitrogens with zero attached hydrogens (tertiary/aromatic N) is 3. The maximum atomic E-state index is 11.4. The average molecular weight is 333 g/mol. The molecule has 0 spiro atoms. The SMILES string of the molecule is O=[N+]([O-])c1cc2c(c([N+](=O)[O-])c1[N+](=O)[O-])Cc1ccccc1S2. The van der Waals surface area contributed by atoms with E-state index in [1.54, 1.807) is 24.3 Å². The van der Waals surface area contributed by atoms with Crippen LogP contribution in [-0.4, -0.2) is 14.8 Å². The molecule has 0 atom stereocenters. The van der Waals surface area contributed by atoms with Gasteiger partial charge in [0.25, 0.3) is 0 Å². The first-order valence-corrected chi connectivity index (χ1v) is 7.10. The van der Waals surface area contributed by atoms with Gasteiger partial charge in [0.05, 0.1) is 20.3 Å². The molecule has 0 saturated heterocycles. The third kappa shape index (κ3) is 2.38. The van der Waals surface area contributed by atoms with Crippen LogP contribution in [0.1, 0.15) is 11.1 Å². The lowest BCUT2D eigenvalue weighted by atomic mass is 10.0. The van der Waals surface area contributed by atoms with Crippen LogP contribution in [0.15, 0.2) is 40.1 Å². The maximum absolute atomic E-state index is 11.4. The van der Waals surface area contributed by atoms with Gasteiger partial charge < -0.3 is 0 Å². The highest BCUT2D eigenvalue weighted by molar-refractivity contribution is 7.99. The molecule has 3 rings (SSSR count). The zero-order valence-electron chi connectivity index (χ0n) is 11.3. The van der Waals surface area contributed by atoms with E-state index in [1.165, 1.54) is 0 Å². The van der Waals surface area contributed by atoms with E-state index in [4.69, 9.17) is 0 Å². The van der Waals surface area contributed by atoms with Crippen molar-refractivity contribution >= 4 is 28.8 Å². The molecule has 0 fully saturated rings. The van der Waals surface area contributed by atoms with E-state index in [0.29, 0.717) is 4.90 Å². The molecule has 1 heterocycles. The van der Waals surface area contributed by atoms with Crippen LogP contribution in [0, 0.1) is 30.3 Å². The van der Waals surface area contributed by atoms with Gasteiger partial charge in [-0.3, -0.25) is 30.3 Å². The van der Waals surface area contributed by atoms with Crippen molar-refractivity contribution in [3.05, 3.63) is 71.8 Å². The largest absolute Gasteiger partial charge is 0.422 e. The van der Waals surface area contributed by atoms with E-state index in [2.05, 4.69) is 0 Å². The van der Waals surface area contributed by atoms with Crippen molar-refractivity contribution < 1.29 is 14.8 Å². The normalized spacial score (nSPS) is 12.2. The summed E-state index contributed by atoms with van der Waals surface area (Å²) in [6, 6.07) is 8.15. The number of hydrogen-bond donors (Lipinski definition) is 0. The first kappa shape index (κ1) is 14.9. The van der Waals surface area contributed by atoms with Gasteiger partial charge in [0.15, 0.2) is 0 Å². The van der Waals surface area contributed by atoms with Gasteiger partial charge in [0, 0.05) is 22.3 Å². The highest BCUT2D eigenvalue weighted by Crippen LogP contribution is 2.49. The molecule has 116 valence electrons. The molecule has 0 unspecified atom stereocenters. The molecule has 1 aliphatic heterocycles. The van der Waals surface area contributed by atoms with Gasteiger partial charge >= 0.3 is 17.1 Å². The predicted molar refractivity (Wildman–Crippen MR) is 79.8 cm³/mol. The van der Waals surface area contributed by atoms with E-state index < -0.39 is 31.8 Å². The Bertz CT molecular complexity index is 882. The maximum Gasteiger partial charge on any atom is 0.422 e. The molecule has 9 nitrogen and oxygen atoms in total. The zero-order chi connectivity index (χ0) is 16.7. The van der Waals surface area contributed by atoms with Gasteiger partial charge in [-0.25, -0.2) is 0 Å². The van der Waals surface area contributed by atoms with Crippen LogP contribution in [-0.2, 0) is 6.42 Å². The Balaban J connectivity index is 2.33. The summed E-state index contributed by atoms with van der Waals surface area (Å²) < 4.78 is 0. The fourth-order valence-corrected chi connectivity index (χ4v) is 3.61. The van der Waals surface area contributed by atoms with Crippen LogP contribution in [0.4, 0.5) is 17.1 Å². The number of fused-ring (bicyclic) bond motifs is 2. The van der Waals surface area contributed by atoms with E-state index >= 15 is 0 Å². The van der Waals surface area contributed by atoms with Gasteiger partial charge in [-0.15, -0.1) is 0 Å². The minimum Gasteiger partial charge on any atom is -0.258 e. The molecule has 0 N–H and O–H groups in total. The van der Waals surface area contributed by atoms with E-state index in [9.17, 15) is 30.3 Å². The van der Waals surface area contributed by atoms with Crippen molar-refractivity contribution in [2.24, 2.45) is 0 Å². The Kier molecular flexibility index (Phi) is 3.45. The van der Waals surface area contributed by atoms with Crippen LogP contribution in [0.3, 0.4) is 0 Å². The third-order valence-electron chi connectivity index (χ3n) is 3.44. The Morgan fingerprint density at radius 1 is 0.870 bits per heavy atom. The lowest BCUT2D eigenvalue weighted by Gasteiger charge is -2.18. The molecule has 0 aliphatic carbocycles. The standard InChI is InChI=1S/C13H7N3O6S/c17-14(18)9-6-11-8(12(15(19)20)13(9)16(21)22)5-7-3-1-2-4-10(7)23-11/h1-4,6H,5H2.